The first-order valence-electron chi connectivity index (χ1n) is 6.04. The fourth-order valence-electron chi connectivity index (χ4n) is 2.19. The van der Waals surface area contributed by atoms with Crippen molar-refractivity contribution < 1.29 is 0 Å². The van der Waals surface area contributed by atoms with Crippen molar-refractivity contribution in [3.63, 3.8) is 0 Å². The van der Waals surface area contributed by atoms with Crippen molar-refractivity contribution in [2.75, 3.05) is 6.54 Å². The molecule has 1 aromatic rings. The maximum atomic E-state index is 4.36. The van der Waals surface area contributed by atoms with E-state index in [1.54, 1.807) is 0 Å². The highest BCUT2D eigenvalue weighted by atomic mass is 79.9. The Morgan fingerprint density at radius 2 is 2.12 bits per heavy atom. The van der Waals surface area contributed by atoms with Gasteiger partial charge in [0.05, 0.1) is 16.4 Å². The van der Waals surface area contributed by atoms with Gasteiger partial charge in [0.1, 0.15) is 0 Å². The number of halogens is 1. The molecular weight excluding hydrogens is 266 g/mol. The molecule has 0 aliphatic carbocycles. The Morgan fingerprint density at radius 3 is 2.69 bits per heavy atom. The Hall–Kier alpha value is -0.350. The molecule has 0 bridgehead atoms. The molecular formula is C12H22BrN3. The molecule has 1 heterocycles. The average Bonchev–Trinajstić information content (AvgIpc) is 2.59. The van der Waals surface area contributed by atoms with E-state index in [0.29, 0.717) is 12.0 Å². The van der Waals surface area contributed by atoms with Crippen molar-refractivity contribution in [1.82, 2.24) is 15.1 Å². The Morgan fingerprint density at radius 1 is 1.44 bits per heavy atom. The smallest absolute Gasteiger partial charge is 0.0635 e. The van der Waals surface area contributed by atoms with Gasteiger partial charge < -0.3 is 5.32 Å². The average molecular weight is 288 g/mol. The van der Waals surface area contributed by atoms with Crippen LogP contribution in [0.4, 0.5) is 0 Å². The normalized spacial score (nSPS) is 15.1. The second-order valence-corrected chi connectivity index (χ2v) is 5.14. The van der Waals surface area contributed by atoms with Crippen LogP contribution in [0.3, 0.4) is 0 Å². The van der Waals surface area contributed by atoms with Crippen LogP contribution in [0.25, 0.3) is 0 Å². The molecule has 16 heavy (non-hydrogen) atoms. The molecule has 4 heteroatoms. The van der Waals surface area contributed by atoms with E-state index in [2.05, 4.69) is 58.7 Å². The van der Waals surface area contributed by atoms with Gasteiger partial charge in [0.2, 0.25) is 0 Å². The van der Waals surface area contributed by atoms with E-state index >= 15 is 0 Å². The first-order chi connectivity index (χ1) is 7.60. The van der Waals surface area contributed by atoms with Crippen LogP contribution in [0.15, 0.2) is 10.7 Å². The number of aromatic nitrogens is 2. The third-order valence-electron chi connectivity index (χ3n) is 2.86. The van der Waals surface area contributed by atoms with Crippen LogP contribution in [0.1, 0.15) is 45.7 Å². The molecule has 2 atom stereocenters. The van der Waals surface area contributed by atoms with Gasteiger partial charge in [-0.1, -0.05) is 13.8 Å². The van der Waals surface area contributed by atoms with E-state index < -0.39 is 0 Å². The lowest BCUT2D eigenvalue weighted by Gasteiger charge is -2.19. The van der Waals surface area contributed by atoms with Crippen LogP contribution >= 0.6 is 15.9 Å². The molecule has 0 aliphatic rings. The van der Waals surface area contributed by atoms with Crippen LogP contribution in [0.2, 0.25) is 0 Å². The van der Waals surface area contributed by atoms with E-state index in [1.165, 1.54) is 5.69 Å². The van der Waals surface area contributed by atoms with Gasteiger partial charge in [-0.2, -0.15) is 5.10 Å². The van der Waals surface area contributed by atoms with Crippen LogP contribution in [0, 0.1) is 0 Å². The maximum Gasteiger partial charge on any atom is 0.0635 e. The summed E-state index contributed by atoms with van der Waals surface area (Å²) in [5.74, 6) is 0.519. The number of hydrogen-bond donors (Lipinski definition) is 1. The highest BCUT2D eigenvalue weighted by molar-refractivity contribution is 9.10. The summed E-state index contributed by atoms with van der Waals surface area (Å²) in [5.41, 5.74) is 1.31. The second-order valence-electron chi connectivity index (χ2n) is 4.29. The van der Waals surface area contributed by atoms with Crippen molar-refractivity contribution >= 4 is 15.9 Å². The number of nitrogens with zero attached hydrogens (tertiary/aromatic N) is 2. The van der Waals surface area contributed by atoms with Gasteiger partial charge in [0, 0.05) is 18.5 Å². The lowest BCUT2D eigenvalue weighted by atomic mass is 9.99. The molecule has 2 unspecified atom stereocenters. The third-order valence-corrected chi connectivity index (χ3v) is 3.47. The van der Waals surface area contributed by atoms with Crippen molar-refractivity contribution in [3.05, 3.63) is 16.4 Å². The summed E-state index contributed by atoms with van der Waals surface area (Å²) in [4.78, 5) is 0. The van der Waals surface area contributed by atoms with Gasteiger partial charge in [-0.05, 0) is 42.7 Å². The van der Waals surface area contributed by atoms with Crippen molar-refractivity contribution in [2.24, 2.45) is 0 Å². The molecule has 3 nitrogen and oxygen atoms in total. The number of hydrogen-bond acceptors (Lipinski definition) is 2. The largest absolute Gasteiger partial charge is 0.315 e. The first kappa shape index (κ1) is 13.7. The maximum absolute atomic E-state index is 4.36. The van der Waals surface area contributed by atoms with Gasteiger partial charge in [-0.25, -0.2) is 0 Å². The van der Waals surface area contributed by atoms with Crippen LogP contribution < -0.4 is 5.32 Å². The summed E-state index contributed by atoms with van der Waals surface area (Å²) < 4.78 is 3.21. The zero-order valence-corrected chi connectivity index (χ0v) is 12.2. The summed E-state index contributed by atoms with van der Waals surface area (Å²) >= 11 is 3.58. The molecule has 0 spiro atoms. The van der Waals surface area contributed by atoms with Gasteiger partial charge in [0.15, 0.2) is 0 Å². The van der Waals surface area contributed by atoms with Crippen LogP contribution in [0.5, 0.6) is 0 Å². The number of aryl methyl sites for hydroxylation is 1. The first-order valence-corrected chi connectivity index (χ1v) is 6.84. The summed E-state index contributed by atoms with van der Waals surface area (Å²) in [5, 5.41) is 7.81. The molecule has 0 saturated heterocycles. The Labute approximate surface area is 107 Å². The van der Waals surface area contributed by atoms with Crippen molar-refractivity contribution in [2.45, 2.75) is 52.6 Å². The minimum atomic E-state index is 0.519. The molecule has 0 amide bonds. The second kappa shape index (κ2) is 6.40. The molecule has 0 aliphatic heterocycles. The summed E-state index contributed by atoms with van der Waals surface area (Å²) in [6, 6.07) is 0.548. The highest BCUT2D eigenvalue weighted by Gasteiger charge is 2.17. The number of rotatable bonds is 6. The molecule has 92 valence electrons. The van der Waals surface area contributed by atoms with Crippen LogP contribution in [-0.2, 0) is 6.54 Å². The van der Waals surface area contributed by atoms with E-state index in [0.717, 1.165) is 24.0 Å². The third kappa shape index (κ3) is 3.32. The summed E-state index contributed by atoms with van der Waals surface area (Å²) in [6.45, 7) is 10.7. The zero-order chi connectivity index (χ0) is 12.1. The standard InChI is InChI=1S/C12H22BrN3/c1-5-14-10(4)7-9(3)12-11(13)8-15-16(12)6-2/h8-10,14H,5-7H2,1-4H3. The van der Waals surface area contributed by atoms with Crippen molar-refractivity contribution in [3.8, 4) is 0 Å². The van der Waals surface area contributed by atoms with E-state index in [9.17, 15) is 0 Å². The predicted molar refractivity (Wildman–Crippen MR) is 71.8 cm³/mol. The summed E-state index contributed by atoms with van der Waals surface area (Å²) in [7, 11) is 0. The van der Waals surface area contributed by atoms with Gasteiger partial charge in [0.25, 0.3) is 0 Å². The lowest BCUT2D eigenvalue weighted by Crippen LogP contribution is -2.27. The van der Waals surface area contributed by atoms with E-state index in [1.807, 2.05) is 6.20 Å². The lowest BCUT2D eigenvalue weighted by molar-refractivity contribution is 0.467. The quantitative estimate of drug-likeness (QED) is 0.871. The summed E-state index contributed by atoms with van der Waals surface area (Å²) in [6.07, 6.45) is 3.03. The molecule has 1 N–H and O–H groups in total. The fraction of sp³-hybridized carbons (Fsp3) is 0.750. The molecule has 0 aromatic carbocycles. The topological polar surface area (TPSA) is 29.9 Å². The van der Waals surface area contributed by atoms with Crippen LogP contribution in [-0.4, -0.2) is 22.4 Å². The fourth-order valence-corrected chi connectivity index (χ4v) is 2.87. The molecule has 0 fully saturated rings. The molecule has 1 aromatic heterocycles. The van der Waals surface area contributed by atoms with Gasteiger partial charge in [-0.3, -0.25) is 4.68 Å². The Bertz CT molecular complexity index is 322. The number of nitrogens with one attached hydrogen (secondary N) is 1. The monoisotopic (exact) mass is 287 g/mol. The minimum Gasteiger partial charge on any atom is -0.315 e. The van der Waals surface area contributed by atoms with E-state index in [4.69, 9.17) is 0 Å². The molecule has 1 rings (SSSR count). The highest BCUT2D eigenvalue weighted by Crippen LogP contribution is 2.27. The Balaban J connectivity index is 2.71. The SMILES string of the molecule is CCNC(C)CC(C)c1c(Br)cnn1CC. The molecule has 0 saturated carbocycles. The van der Waals surface area contributed by atoms with Gasteiger partial charge in [-0.15, -0.1) is 0 Å². The predicted octanol–water partition coefficient (Wildman–Crippen LogP) is 3.16. The van der Waals surface area contributed by atoms with Crippen molar-refractivity contribution in [1.29, 1.82) is 0 Å². The molecule has 0 radical (unpaired) electrons. The Kier molecular flexibility index (Phi) is 5.49. The van der Waals surface area contributed by atoms with E-state index in [-0.39, 0.29) is 0 Å². The van der Waals surface area contributed by atoms with Gasteiger partial charge >= 0.3 is 0 Å². The minimum absolute atomic E-state index is 0.519. The zero-order valence-electron chi connectivity index (χ0n) is 10.6.